The van der Waals surface area contributed by atoms with Crippen molar-refractivity contribution in [2.24, 2.45) is 13.0 Å². The van der Waals surface area contributed by atoms with Gasteiger partial charge >= 0.3 is 0 Å². The molecule has 1 saturated heterocycles. The van der Waals surface area contributed by atoms with Crippen molar-refractivity contribution in [2.75, 3.05) is 11.9 Å². The summed E-state index contributed by atoms with van der Waals surface area (Å²) in [6.45, 7) is 5.02. The summed E-state index contributed by atoms with van der Waals surface area (Å²) in [5, 5.41) is 5.80. The Hall–Kier alpha value is -2.41. The summed E-state index contributed by atoms with van der Waals surface area (Å²) in [5.74, 6) is 0.986. The highest BCUT2D eigenvalue weighted by molar-refractivity contribution is 5.93. The van der Waals surface area contributed by atoms with Crippen molar-refractivity contribution in [3.8, 4) is 0 Å². The first kappa shape index (κ1) is 18.4. The zero-order chi connectivity index (χ0) is 18.7. The smallest absolute Gasteiger partial charge is 0.249 e. The maximum atomic E-state index is 12.1. The lowest BCUT2D eigenvalue weighted by atomic mass is 10.1. The van der Waals surface area contributed by atoms with Crippen LogP contribution < -0.4 is 10.6 Å². The molecule has 3 rings (SSSR count). The van der Waals surface area contributed by atoms with Crippen molar-refractivity contribution >= 4 is 28.5 Å². The summed E-state index contributed by atoms with van der Waals surface area (Å²) in [7, 11) is 1.92. The number of ether oxygens (including phenoxy) is 1. The van der Waals surface area contributed by atoms with Crippen LogP contribution in [0.3, 0.4) is 0 Å². The Morgan fingerprint density at radius 2 is 2.19 bits per heavy atom. The second kappa shape index (κ2) is 7.86. The molecule has 1 atom stereocenters. The molecule has 0 saturated carbocycles. The molecule has 0 radical (unpaired) electrons. The van der Waals surface area contributed by atoms with Gasteiger partial charge < -0.3 is 19.9 Å². The molecule has 1 fully saturated rings. The minimum absolute atomic E-state index is 0.000619. The average Bonchev–Trinajstić information content (AvgIpc) is 3.20. The van der Waals surface area contributed by atoms with E-state index in [1.165, 1.54) is 0 Å². The Kier molecular flexibility index (Phi) is 5.56. The van der Waals surface area contributed by atoms with Crippen LogP contribution in [0.25, 0.3) is 11.0 Å². The minimum Gasteiger partial charge on any atom is -0.368 e. The third-order valence-electron chi connectivity index (χ3n) is 4.49. The number of nitrogens with one attached hydrogen (secondary N) is 2. The lowest BCUT2D eigenvalue weighted by molar-refractivity contribution is -0.130. The Bertz CT molecular complexity index is 806. The van der Waals surface area contributed by atoms with E-state index in [0.29, 0.717) is 25.5 Å². The molecule has 7 nitrogen and oxygen atoms in total. The van der Waals surface area contributed by atoms with Gasteiger partial charge in [0.05, 0.1) is 17.6 Å². The largest absolute Gasteiger partial charge is 0.368 e. The topological polar surface area (TPSA) is 85.2 Å². The normalized spacial score (nSPS) is 17.0. The second-order valence-corrected chi connectivity index (χ2v) is 7.16. The van der Waals surface area contributed by atoms with Gasteiger partial charge in [-0.1, -0.05) is 13.8 Å². The van der Waals surface area contributed by atoms with E-state index < -0.39 is 0 Å². The van der Waals surface area contributed by atoms with Crippen LogP contribution in [0.5, 0.6) is 0 Å². The van der Waals surface area contributed by atoms with Gasteiger partial charge in [-0.05, 0) is 37.0 Å². The molecule has 1 aliphatic rings. The van der Waals surface area contributed by atoms with Gasteiger partial charge in [-0.3, -0.25) is 9.59 Å². The van der Waals surface area contributed by atoms with Crippen LogP contribution in [0.15, 0.2) is 18.2 Å². The minimum atomic E-state index is -0.340. The summed E-state index contributed by atoms with van der Waals surface area (Å²) in [6.07, 6.45) is 1.84. The van der Waals surface area contributed by atoms with E-state index in [0.717, 1.165) is 35.4 Å². The van der Waals surface area contributed by atoms with Crippen LogP contribution in [0.1, 0.15) is 38.9 Å². The molecule has 2 amide bonds. The van der Waals surface area contributed by atoms with E-state index in [2.05, 4.69) is 15.6 Å². The number of hydrogen-bond acceptors (Lipinski definition) is 4. The molecule has 2 N–H and O–H groups in total. The number of imidazole rings is 1. The van der Waals surface area contributed by atoms with Crippen LogP contribution in [0, 0.1) is 5.92 Å². The number of anilines is 1. The van der Waals surface area contributed by atoms with E-state index in [-0.39, 0.29) is 17.9 Å². The van der Waals surface area contributed by atoms with Crippen molar-refractivity contribution in [2.45, 2.75) is 45.8 Å². The van der Waals surface area contributed by atoms with E-state index in [1.54, 1.807) is 0 Å². The van der Waals surface area contributed by atoms with Crippen LogP contribution in [-0.2, 0) is 27.9 Å². The van der Waals surface area contributed by atoms with E-state index in [1.807, 2.05) is 43.7 Å². The Morgan fingerprint density at radius 3 is 2.88 bits per heavy atom. The van der Waals surface area contributed by atoms with Crippen LogP contribution in [0.4, 0.5) is 5.69 Å². The number of hydrogen-bond donors (Lipinski definition) is 2. The first-order valence-corrected chi connectivity index (χ1v) is 9.08. The number of carbonyl (C=O) groups is 2. The highest BCUT2D eigenvalue weighted by Crippen LogP contribution is 2.20. The van der Waals surface area contributed by atoms with Crippen LogP contribution >= 0.6 is 0 Å². The number of fused-ring (bicyclic) bond motifs is 1. The fourth-order valence-electron chi connectivity index (χ4n) is 3.13. The number of aryl methyl sites for hydroxylation is 1. The number of aromatic nitrogens is 2. The Labute approximate surface area is 153 Å². The lowest BCUT2D eigenvalue weighted by Gasteiger charge is -2.10. The van der Waals surface area contributed by atoms with Gasteiger partial charge in [0.1, 0.15) is 11.9 Å². The maximum absolute atomic E-state index is 12.1. The molecular formula is C19H26N4O3. The van der Waals surface area contributed by atoms with Gasteiger partial charge in [0.2, 0.25) is 11.8 Å². The quantitative estimate of drug-likeness (QED) is 0.830. The molecule has 2 aromatic rings. The Morgan fingerprint density at radius 1 is 1.38 bits per heavy atom. The molecule has 2 heterocycles. The Balaban J connectivity index is 1.68. The number of benzene rings is 1. The van der Waals surface area contributed by atoms with Crippen molar-refractivity contribution in [3.63, 3.8) is 0 Å². The molecule has 1 aliphatic heterocycles. The summed E-state index contributed by atoms with van der Waals surface area (Å²) < 4.78 is 7.34. The zero-order valence-corrected chi connectivity index (χ0v) is 15.5. The lowest BCUT2D eigenvalue weighted by Crippen LogP contribution is -2.34. The summed E-state index contributed by atoms with van der Waals surface area (Å²) >= 11 is 0. The van der Waals surface area contributed by atoms with Crippen molar-refractivity contribution in [1.82, 2.24) is 14.9 Å². The average molecular weight is 358 g/mol. The first-order valence-electron chi connectivity index (χ1n) is 9.08. The highest BCUT2D eigenvalue weighted by Gasteiger charge is 2.23. The number of rotatable bonds is 6. The van der Waals surface area contributed by atoms with E-state index in [9.17, 15) is 9.59 Å². The molecule has 0 aliphatic carbocycles. The fourth-order valence-corrected chi connectivity index (χ4v) is 3.13. The van der Waals surface area contributed by atoms with Gasteiger partial charge in [-0.25, -0.2) is 4.98 Å². The molecule has 140 valence electrons. The summed E-state index contributed by atoms with van der Waals surface area (Å²) in [5.41, 5.74) is 2.47. The SMILES string of the molecule is CC(C)CC(=O)Nc1ccc2c(c1)nc(CNC(=O)[C@H]1CCCO1)n2C. The van der Waals surface area contributed by atoms with Crippen molar-refractivity contribution < 1.29 is 14.3 Å². The number of carbonyl (C=O) groups excluding carboxylic acids is 2. The third kappa shape index (κ3) is 4.22. The molecule has 26 heavy (non-hydrogen) atoms. The van der Waals surface area contributed by atoms with Gasteiger partial charge in [0.25, 0.3) is 0 Å². The van der Waals surface area contributed by atoms with Crippen LogP contribution in [0.2, 0.25) is 0 Å². The van der Waals surface area contributed by atoms with Gasteiger partial charge in [0, 0.05) is 25.8 Å². The van der Waals surface area contributed by atoms with E-state index in [4.69, 9.17) is 4.74 Å². The molecule has 0 spiro atoms. The highest BCUT2D eigenvalue weighted by atomic mass is 16.5. The zero-order valence-electron chi connectivity index (χ0n) is 15.5. The van der Waals surface area contributed by atoms with E-state index >= 15 is 0 Å². The predicted octanol–water partition coefficient (Wildman–Crippen LogP) is 2.35. The molecule has 0 unspecified atom stereocenters. The van der Waals surface area contributed by atoms with Gasteiger partial charge in [0.15, 0.2) is 0 Å². The van der Waals surface area contributed by atoms with Crippen molar-refractivity contribution in [3.05, 3.63) is 24.0 Å². The monoisotopic (exact) mass is 358 g/mol. The maximum Gasteiger partial charge on any atom is 0.249 e. The second-order valence-electron chi connectivity index (χ2n) is 7.16. The molecule has 0 bridgehead atoms. The standard InChI is InChI=1S/C19H26N4O3/c1-12(2)9-18(24)21-13-6-7-15-14(10-13)22-17(23(15)3)11-20-19(25)16-5-4-8-26-16/h6-7,10,12,16H,4-5,8-9,11H2,1-3H3,(H,20,25)(H,21,24)/t16-/m1/s1. The van der Waals surface area contributed by atoms with Gasteiger partial charge in [-0.2, -0.15) is 0 Å². The van der Waals surface area contributed by atoms with Crippen LogP contribution in [-0.4, -0.2) is 34.1 Å². The molecule has 7 heteroatoms. The molecule has 1 aromatic carbocycles. The molecular weight excluding hydrogens is 332 g/mol. The first-order chi connectivity index (χ1) is 12.4. The number of nitrogens with zero attached hydrogens (tertiary/aromatic N) is 2. The summed E-state index contributed by atoms with van der Waals surface area (Å²) in [4.78, 5) is 28.6. The van der Waals surface area contributed by atoms with Gasteiger partial charge in [-0.15, -0.1) is 0 Å². The number of amides is 2. The fraction of sp³-hybridized carbons (Fsp3) is 0.526. The molecule has 1 aromatic heterocycles. The van der Waals surface area contributed by atoms with Crippen molar-refractivity contribution in [1.29, 1.82) is 0 Å². The third-order valence-corrected chi connectivity index (χ3v) is 4.49. The predicted molar refractivity (Wildman–Crippen MR) is 99.6 cm³/mol. The summed E-state index contributed by atoms with van der Waals surface area (Å²) in [6, 6.07) is 5.66.